The second kappa shape index (κ2) is 10.2. The fourth-order valence-corrected chi connectivity index (χ4v) is 2.69. The van der Waals surface area contributed by atoms with Crippen molar-refractivity contribution >= 4 is 17.5 Å². The number of hydrogen-bond acceptors (Lipinski definition) is 3. The zero-order valence-electron chi connectivity index (χ0n) is 15.9. The van der Waals surface area contributed by atoms with Gasteiger partial charge in [0.25, 0.3) is 5.91 Å². The van der Waals surface area contributed by atoms with Crippen molar-refractivity contribution in [1.82, 2.24) is 5.32 Å². The number of carbonyl (C=O) groups is 1. The van der Waals surface area contributed by atoms with Gasteiger partial charge >= 0.3 is 0 Å². The average Bonchev–Trinajstić information content (AvgIpc) is 2.77. The summed E-state index contributed by atoms with van der Waals surface area (Å²) >= 11 is 5.89. The molecule has 3 rings (SSSR count). The minimum atomic E-state index is -0.227. The van der Waals surface area contributed by atoms with Crippen molar-refractivity contribution in [3.8, 4) is 23.3 Å². The normalized spacial score (nSPS) is 9.86. The van der Waals surface area contributed by atoms with Gasteiger partial charge in [0, 0.05) is 16.1 Å². The van der Waals surface area contributed by atoms with Crippen LogP contribution in [0.3, 0.4) is 0 Å². The highest BCUT2D eigenvalue weighted by molar-refractivity contribution is 6.30. The number of nitrogens with one attached hydrogen (secondary N) is 1. The van der Waals surface area contributed by atoms with E-state index in [0.29, 0.717) is 28.7 Å². The molecule has 0 saturated heterocycles. The highest BCUT2D eigenvalue weighted by atomic mass is 35.5. The first-order chi connectivity index (χ1) is 14.2. The van der Waals surface area contributed by atoms with E-state index >= 15 is 0 Å². The highest BCUT2D eigenvalue weighted by Gasteiger charge is 2.11. The summed E-state index contributed by atoms with van der Waals surface area (Å²) in [5.41, 5.74) is 2.36. The third kappa shape index (κ3) is 6.03. The summed E-state index contributed by atoms with van der Waals surface area (Å²) in [4.78, 5) is 12.4. The summed E-state index contributed by atoms with van der Waals surface area (Å²) in [6.07, 6.45) is 0. The lowest BCUT2D eigenvalue weighted by atomic mass is 10.2. The molecule has 3 aromatic rings. The van der Waals surface area contributed by atoms with Crippen LogP contribution in [0.5, 0.6) is 11.5 Å². The highest BCUT2D eigenvalue weighted by Crippen LogP contribution is 2.29. The van der Waals surface area contributed by atoms with Crippen LogP contribution in [0.4, 0.5) is 0 Å². The largest absolute Gasteiger partial charge is 0.493 e. The van der Waals surface area contributed by atoms with Gasteiger partial charge in [-0.1, -0.05) is 53.8 Å². The van der Waals surface area contributed by atoms with Gasteiger partial charge in [0.05, 0.1) is 13.7 Å². The number of methoxy groups -OCH3 is 1. The zero-order valence-corrected chi connectivity index (χ0v) is 16.7. The summed E-state index contributed by atoms with van der Waals surface area (Å²) in [6.45, 7) is 0.624. The molecule has 0 bridgehead atoms. The molecule has 5 heteroatoms. The van der Waals surface area contributed by atoms with Gasteiger partial charge in [-0.15, -0.1) is 0 Å². The Bertz CT molecular complexity index is 1020. The first-order valence-electron chi connectivity index (χ1n) is 9.03. The fourth-order valence-electron chi connectivity index (χ4n) is 2.56. The van der Waals surface area contributed by atoms with Crippen LogP contribution >= 0.6 is 11.6 Å². The average molecular weight is 406 g/mol. The van der Waals surface area contributed by atoms with E-state index < -0.39 is 0 Å². The summed E-state index contributed by atoms with van der Waals surface area (Å²) < 4.78 is 11.2. The van der Waals surface area contributed by atoms with Crippen LogP contribution in [-0.4, -0.2) is 19.6 Å². The Balaban J connectivity index is 1.59. The number of ether oxygens (including phenoxy) is 2. The minimum absolute atomic E-state index is 0.227. The van der Waals surface area contributed by atoms with E-state index in [1.165, 1.54) is 7.11 Å². The molecule has 0 fully saturated rings. The Morgan fingerprint density at radius 1 is 1.00 bits per heavy atom. The first-order valence-corrected chi connectivity index (χ1v) is 9.41. The molecule has 0 atom stereocenters. The Kier molecular flexibility index (Phi) is 7.16. The number of rotatable bonds is 6. The second-order valence-electron chi connectivity index (χ2n) is 6.13. The van der Waals surface area contributed by atoms with Crippen molar-refractivity contribution in [2.24, 2.45) is 0 Å². The molecule has 0 radical (unpaired) electrons. The molecule has 29 heavy (non-hydrogen) atoms. The van der Waals surface area contributed by atoms with E-state index in [4.69, 9.17) is 21.1 Å². The molecule has 1 N–H and O–H groups in total. The van der Waals surface area contributed by atoms with Gasteiger partial charge in [-0.25, -0.2) is 0 Å². The maximum absolute atomic E-state index is 12.4. The topological polar surface area (TPSA) is 47.6 Å². The predicted molar refractivity (Wildman–Crippen MR) is 114 cm³/mol. The van der Waals surface area contributed by atoms with E-state index in [9.17, 15) is 4.79 Å². The smallest absolute Gasteiger partial charge is 0.252 e. The summed E-state index contributed by atoms with van der Waals surface area (Å²) in [7, 11) is 1.54. The maximum atomic E-state index is 12.4. The molecule has 146 valence electrons. The third-order valence-corrected chi connectivity index (χ3v) is 4.33. The van der Waals surface area contributed by atoms with Crippen LogP contribution in [0.2, 0.25) is 5.02 Å². The molecule has 1 amide bonds. The van der Waals surface area contributed by atoms with E-state index in [2.05, 4.69) is 17.2 Å². The molecule has 0 saturated carbocycles. The Labute approximate surface area is 175 Å². The first kappa shape index (κ1) is 20.3. The lowest BCUT2D eigenvalue weighted by Crippen LogP contribution is -2.23. The van der Waals surface area contributed by atoms with Crippen LogP contribution in [0.15, 0.2) is 72.8 Å². The molecule has 0 aliphatic heterocycles. The van der Waals surface area contributed by atoms with E-state index in [-0.39, 0.29) is 12.5 Å². The quantitative estimate of drug-likeness (QED) is 0.604. The molecule has 0 aliphatic rings. The van der Waals surface area contributed by atoms with Crippen molar-refractivity contribution in [3.05, 3.63) is 94.5 Å². The lowest BCUT2D eigenvalue weighted by molar-refractivity contribution is 0.0958. The van der Waals surface area contributed by atoms with Gasteiger partial charge in [-0.2, -0.15) is 0 Å². The van der Waals surface area contributed by atoms with Gasteiger partial charge in [0.1, 0.15) is 6.61 Å². The monoisotopic (exact) mass is 405 g/mol. The van der Waals surface area contributed by atoms with Gasteiger partial charge in [0.2, 0.25) is 0 Å². The second-order valence-corrected chi connectivity index (χ2v) is 6.57. The molecular formula is C24H20ClNO3. The van der Waals surface area contributed by atoms with E-state index in [1.54, 1.807) is 18.2 Å². The number of benzene rings is 3. The van der Waals surface area contributed by atoms with Crippen molar-refractivity contribution in [3.63, 3.8) is 0 Å². The zero-order chi connectivity index (χ0) is 20.5. The Morgan fingerprint density at radius 3 is 2.48 bits per heavy atom. The maximum Gasteiger partial charge on any atom is 0.252 e. The summed E-state index contributed by atoms with van der Waals surface area (Å²) in [5.74, 6) is 6.76. The van der Waals surface area contributed by atoms with Crippen molar-refractivity contribution < 1.29 is 14.3 Å². The van der Waals surface area contributed by atoms with Gasteiger partial charge < -0.3 is 14.8 Å². The molecule has 0 aromatic heterocycles. The van der Waals surface area contributed by atoms with Crippen LogP contribution in [0.1, 0.15) is 21.5 Å². The van der Waals surface area contributed by atoms with Crippen LogP contribution in [-0.2, 0) is 6.61 Å². The number of hydrogen-bond donors (Lipinski definition) is 1. The number of halogens is 1. The molecule has 0 spiro atoms. The molecule has 4 nitrogen and oxygen atoms in total. The predicted octanol–water partition coefficient (Wildman–Crippen LogP) is 4.71. The van der Waals surface area contributed by atoms with Crippen molar-refractivity contribution in [2.45, 2.75) is 6.61 Å². The Morgan fingerprint density at radius 2 is 1.76 bits per heavy atom. The molecule has 0 unspecified atom stereocenters. The van der Waals surface area contributed by atoms with Crippen LogP contribution in [0.25, 0.3) is 0 Å². The molecule has 0 aliphatic carbocycles. The number of carbonyl (C=O) groups excluding carboxylic acids is 1. The van der Waals surface area contributed by atoms with Gasteiger partial charge in [-0.3, -0.25) is 4.79 Å². The molecular weight excluding hydrogens is 386 g/mol. The lowest BCUT2D eigenvalue weighted by Gasteiger charge is -2.12. The Hall–Kier alpha value is -3.42. The van der Waals surface area contributed by atoms with Gasteiger partial charge in [0.15, 0.2) is 11.5 Å². The fraction of sp³-hybridized carbons (Fsp3) is 0.125. The van der Waals surface area contributed by atoms with Crippen molar-refractivity contribution in [2.75, 3.05) is 13.7 Å². The van der Waals surface area contributed by atoms with E-state index in [0.717, 1.165) is 11.1 Å². The SMILES string of the molecule is COc1cc(C(=O)NCC#Cc2ccccc2)ccc1OCc1ccc(Cl)cc1. The van der Waals surface area contributed by atoms with Crippen molar-refractivity contribution in [1.29, 1.82) is 0 Å². The molecule has 0 heterocycles. The minimum Gasteiger partial charge on any atom is -0.493 e. The molecule has 3 aromatic carbocycles. The summed E-state index contributed by atoms with van der Waals surface area (Å²) in [5, 5.41) is 3.46. The third-order valence-electron chi connectivity index (χ3n) is 4.08. The summed E-state index contributed by atoms with van der Waals surface area (Å²) in [6, 6.07) is 22.1. The van der Waals surface area contributed by atoms with Crippen LogP contribution in [0, 0.1) is 11.8 Å². The van der Waals surface area contributed by atoms with Crippen LogP contribution < -0.4 is 14.8 Å². The van der Waals surface area contributed by atoms with E-state index in [1.807, 2.05) is 54.6 Å². The number of amides is 1. The van der Waals surface area contributed by atoms with Gasteiger partial charge in [-0.05, 0) is 48.0 Å². The standard InChI is InChI=1S/C24H20ClNO3/c1-28-23-16-20(24(27)26-15-5-8-18-6-3-2-4-7-18)11-14-22(23)29-17-19-9-12-21(25)13-10-19/h2-4,6-7,9-14,16H,15,17H2,1H3,(H,26,27).